The fourth-order valence-electron chi connectivity index (χ4n) is 1.90. The van der Waals surface area contributed by atoms with Crippen LogP contribution < -0.4 is 0 Å². The van der Waals surface area contributed by atoms with Gasteiger partial charge in [-0.2, -0.15) is 0 Å². The van der Waals surface area contributed by atoms with E-state index < -0.39 is 48.6 Å². The summed E-state index contributed by atoms with van der Waals surface area (Å²) in [6, 6.07) is 0. The molecule has 0 radical (unpaired) electrons. The first-order valence-electron chi connectivity index (χ1n) is 6.21. The van der Waals surface area contributed by atoms with E-state index in [1.807, 2.05) is 0 Å². The van der Waals surface area contributed by atoms with Crippen LogP contribution in [0.4, 0.5) is 0 Å². The van der Waals surface area contributed by atoms with Crippen molar-refractivity contribution in [3.8, 4) is 0 Å². The zero-order valence-corrected chi connectivity index (χ0v) is 11.8. The number of hydrogen-bond donors (Lipinski definition) is 2. The standard InChI is InChI=1S/C12H18O9/c1-5(13)18-4-8-10(19-6(2)14)11(20-7(3)15)9(16)12(17)21-8/h8-12,16-17H,4H2,1-3H3/t8-,9-,10-,11-,12-/m0/s1. The van der Waals surface area contributed by atoms with Gasteiger partial charge in [0.1, 0.15) is 18.8 Å². The summed E-state index contributed by atoms with van der Waals surface area (Å²) in [5, 5.41) is 19.4. The van der Waals surface area contributed by atoms with Gasteiger partial charge in [0.25, 0.3) is 0 Å². The maximum Gasteiger partial charge on any atom is 0.303 e. The minimum atomic E-state index is -1.68. The van der Waals surface area contributed by atoms with E-state index in [0.717, 1.165) is 13.8 Å². The molecule has 21 heavy (non-hydrogen) atoms. The number of aliphatic hydroxyl groups excluding tert-OH is 2. The summed E-state index contributed by atoms with van der Waals surface area (Å²) in [5.41, 5.74) is 0. The van der Waals surface area contributed by atoms with Crippen molar-refractivity contribution in [3.63, 3.8) is 0 Å². The topological polar surface area (TPSA) is 129 Å². The predicted octanol–water partition coefficient (Wildman–Crippen LogP) is -1.51. The maximum atomic E-state index is 11.1. The van der Waals surface area contributed by atoms with E-state index in [2.05, 4.69) is 0 Å². The molecule has 2 N–H and O–H groups in total. The van der Waals surface area contributed by atoms with Gasteiger partial charge in [0.15, 0.2) is 18.5 Å². The van der Waals surface area contributed by atoms with Crippen LogP contribution in [0.15, 0.2) is 0 Å². The van der Waals surface area contributed by atoms with Crippen LogP contribution in [0.25, 0.3) is 0 Å². The first kappa shape index (κ1) is 17.3. The monoisotopic (exact) mass is 306 g/mol. The highest BCUT2D eigenvalue weighted by atomic mass is 16.7. The van der Waals surface area contributed by atoms with Crippen LogP contribution in [0.1, 0.15) is 20.8 Å². The average molecular weight is 306 g/mol. The van der Waals surface area contributed by atoms with Gasteiger partial charge in [-0.15, -0.1) is 0 Å². The van der Waals surface area contributed by atoms with Gasteiger partial charge >= 0.3 is 17.9 Å². The van der Waals surface area contributed by atoms with Gasteiger partial charge in [-0.05, 0) is 0 Å². The van der Waals surface area contributed by atoms with Crippen LogP contribution in [0.5, 0.6) is 0 Å². The Bertz CT molecular complexity index is 408. The molecule has 0 aromatic rings. The van der Waals surface area contributed by atoms with Crippen molar-refractivity contribution in [2.75, 3.05) is 6.61 Å². The zero-order chi connectivity index (χ0) is 16.2. The second-order valence-electron chi connectivity index (χ2n) is 4.51. The van der Waals surface area contributed by atoms with E-state index in [1.54, 1.807) is 0 Å². The molecule has 1 aliphatic rings. The van der Waals surface area contributed by atoms with Crippen molar-refractivity contribution in [2.45, 2.75) is 51.5 Å². The van der Waals surface area contributed by atoms with Crippen molar-refractivity contribution in [3.05, 3.63) is 0 Å². The van der Waals surface area contributed by atoms with Crippen molar-refractivity contribution in [2.24, 2.45) is 0 Å². The van der Waals surface area contributed by atoms with Gasteiger partial charge in [-0.25, -0.2) is 0 Å². The Morgan fingerprint density at radius 1 is 0.952 bits per heavy atom. The predicted molar refractivity (Wildman–Crippen MR) is 64.6 cm³/mol. The van der Waals surface area contributed by atoms with Gasteiger partial charge in [-0.1, -0.05) is 0 Å². The highest BCUT2D eigenvalue weighted by Crippen LogP contribution is 2.25. The van der Waals surface area contributed by atoms with Gasteiger partial charge < -0.3 is 29.2 Å². The van der Waals surface area contributed by atoms with E-state index in [9.17, 15) is 24.6 Å². The summed E-state index contributed by atoms with van der Waals surface area (Å²) in [4.78, 5) is 33.1. The lowest BCUT2D eigenvalue weighted by molar-refractivity contribution is -0.293. The number of hydrogen-bond acceptors (Lipinski definition) is 9. The Hall–Kier alpha value is -1.71. The van der Waals surface area contributed by atoms with Crippen molar-refractivity contribution in [1.82, 2.24) is 0 Å². The molecule has 1 aliphatic heterocycles. The molecule has 0 aromatic heterocycles. The summed E-state index contributed by atoms with van der Waals surface area (Å²) in [6.45, 7) is 3.04. The zero-order valence-electron chi connectivity index (χ0n) is 11.8. The molecule has 0 aliphatic carbocycles. The Balaban J connectivity index is 2.94. The normalized spacial score (nSPS) is 32.1. The molecule has 9 heteroatoms. The molecule has 1 rings (SSSR count). The number of carbonyl (C=O) groups excluding carboxylic acids is 3. The number of aliphatic hydroxyl groups is 2. The minimum absolute atomic E-state index is 0.338. The van der Waals surface area contributed by atoms with Crippen LogP contribution >= 0.6 is 0 Å². The summed E-state index contributed by atoms with van der Waals surface area (Å²) < 4.78 is 19.6. The van der Waals surface area contributed by atoms with Gasteiger partial charge in [-0.3, -0.25) is 14.4 Å². The van der Waals surface area contributed by atoms with Crippen molar-refractivity contribution < 1.29 is 43.5 Å². The summed E-state index contributed by atoms with van der Waals surface area (Å²) in [6.07, 6.45) is -6.92. The second kappa shape index (κ2) is 7.34. The molecule has 1 saturated heterocycles. The summed E-state index contributed by atoms with van der Waals surface area (Å²) in [7, 11) is 0. The maximum absolute atomic E-state index is 11.1. The third-order valence-electron chi connectivity index (χ3n) is 2.69. The molecule has 9 nitrogen and oxygen atoms in total. The number of esters is 3. The fourth-order valence-corrected chi connectivity index (χ4v) is 1.90. The average Bonchev–Trinajstić information content (AvgIpc) is 2.35. The Morgan fingerprint density at radius 2 is 1.48 bits per heavy atom. The van der Waals surface area contributed by atoms with Crippen LogP contribution in [-0.2, 0) is 33.3 Å². The van der Waals surface area contributed by atoms with E-state index >= 15 is 0 Å². The largest absolute Gasteiger partial charge is 0.463 e. The molecule has 0 aromatic carbocycles. The number of carbonyl (C=O) groups is 3. The lowest BCUT2D eigenvalue weighted by atomic mass is 9.98. The van der Waals surface area contributed by atoms with Gasteiger partial charge in [0, 0.05) is 20.8 Å². The van der Waals surface area contributed by atoms with E-state index in [-0.39, 0.29) is 6.61 Å². The summed E-state index contributed by atoms with van der Waals surface area (Å²) >= 11 is 0. The quantitative estimate of drug-likeness (QED) is 0.470. The highest BCUT2D eigenvalue weighted by Gasteiger charge is 2.49. The van der Waals surface area contributed by atoms with Crippen molar-refractivity contribution >= 4 is 17.9 Å². The third kappa shape index (κ3) is 4.96. The lowest BCUT2D eigenvalue weighted by Gasteiger charge is -2.41. The van der Waals surface area contributed by atoms with Crippen molar-refractivity contribution in [1.29, 1.82) is 0 Å². The SMILES string of the molecule is CC(=O)OC[C@@H]1O[C@H](O)[C@@H](O)[C@H](OC(C)=O)[C@H]1OC(C)=O. The third-order valence-corrected chi connectivity index (χ3v) is 2.69. The molecule has 120 valence electrons. The van der Waals surface area contributed by atoms with Crippen LogP contribution in [0, 0.1) is 0 Å². The first-order valence-corrected chi connectivity index (χ1v) is 6.21. The second-order valence-corrected chi connectivity index (χ2v) is 4.51. The van der Waals surface area contributed by atoms with E-state index in [1.165, 1.54) is 6.92 Å². The van der Waals surface area contributed by atoms with Crippen LogP contribution in [-0.4, -0.2) is 65.4 Å². The molecule has 0 saturated carbocycles. The molecular weight excluding hydrogens is 288 g/mol. The minimum Gasteiger partial charge on any atom is -0.463 e. The Labute approximate surface area is 120 Å². The fraction of sp³-hybridized carbons (Fsp3) is 0.750. The molecule has 0 amide bonds. The smallest absolute Gasteiger partial charge is 0.303 e. The Morgan fingerprint density at radius 3 is 1.95 bits per heavy atom. The first-order chi connectivity index (χ1) is 9.72. The van der Waals surface area contributed by atoms with E-state index in [4.69, 9.17) is 18.9 Å². The number of rotatable bonds is 4. The molecule has 5 atom stereocenters. The lowest BCUT2D eigenvalue weighted by Crippen LogP contribution is -2.61. The number of ether oxygens (including phenoxy) is 4. The molecule has 0 spiro atoms. The molecular formula is C12H18O9. The molecule has 1 fully saturated rings. The Kier molecular flexibility index (Phi) is 6.06. The van der Waals surface area contributed by atoms with Gasteiger partial charge in [0.05, 0.1) is 0 Å². The molecule has 0 bridgehead atoms. The van der Waals surface area contributed by atoms with Gasteiger partial charge in [0.2, 0.25) is 0 Å². The molecule has 1 heterocycles. The summed E-state index contributed by atoms with van der Waals surface area (Å²) in [5.74, 6) is -2.06. The van der Waals surface area contributed by atoms with Crippen LogP contribution in [0.2, 0.25) is 0 Å². The van der Waals surface area contributed by atoms with Crippen LogP contribution in [0.3, 0.4) is 0 Å². The highest BCUT2D eigenvalue weighted by molar-refractivity contribution is 5.67. The molecule has 0 unspecified atom stereocenters. The van der Waals surface area contributed by atoms with E-state index in [0.29, 0.717) is 0 Å².